The number of hydrogen-bond acceptors (Lipinski definition) is 7. The van der Waals surface area contributed by atoms with Crippen LogP contribution in [-0.4, -0.2) is 75.9 Å². The van der Waals surface area contributed by atoms with Gasteiger partial charge in [-0.2, -0.15) is 11.8 Å². The summed E-state index contributed by atoms with van der Waals surface area (Å²) in [6.45, 7) is 7.49. The summed E-state index contributed by atoms with van der Waals surface area (Å²) in [6, 6.07) is -4.02. The molecule has 1 saturated carbocycles. The molecule has 12 heteroatoms. The number of amides is 4. The predicted octanol–water partition coefficient (Wildman–Crippen LogP) is -0.659. The quantitative estimate of drug-likeness (QED) is 0.288. The molecule has 7 N–H and O–H groups in total. The zero-order chi connectivity index (χ0) is 25.6. The summed E-state index contributed by atoms with van der Waals surface area (Å²) in [4.78, 5) is 63.5. The maximum Gasteiger partial charge on any atom is 0.327 e. The van der Waals surface area contributed by atoms with Gasteiger partial charge in [-0.3, -0.25) is 19.2 Å². The Morgan fingerprint density at radius 1 is 1.06 bits per heavy atom. The Hall–Kier alpha value is -2.34. The normalized spacial score (nSPS) is 29.6. The number of rotatable bonds is 5. The molecular weight excluding hydrogens is 462 g/mol. The summed E-state index contributed by atoms with van der Waals surface area (Å²) < 4.78 is 0. The molecule has 11 nitrogen and oxygen atoms in total. The third-order valence-corrected chi connectivity index (χ3v) is 7.37. The Morgan fingerprint density at radius 2 is 1.71 bits per heavy atom. The highest BCUT2D eigenvalue weighted by atomic mass is 32.2. The molecule has 2 fully saturated rings. The number of thioether (sulfide) groups is 1. The second-order valence-electron chi connectivity index (χ2n) is 9.64. The van der Waals surface area contributed by atoms with Crippen LogP contribution in [0, 0.1) is 11.8 Å². The number of nitrogens with one attached hydrogen (secondary N) is 4. The van der Waals surface area contributed by atoms with Gasteiger partial charge in [-0.05, 0) is 31.1 Å². The van der Waals surface area contributed by atoms with Crippen LogP contribution in [0.4, 0.5) is 0 Å². The molecule has 0 aromatic carbocycles. The van der Waals surface area contributed by atoms with Gasteiger partial charge in [0, 0.05) is 11.5 Å². The Bertz CT molecular complexity index is 803. The van der Waals surface area contributed by atoms with E-state index in [9.17, 15) is 29.1 Å². The van der Waals surface area contributed by atoms with Crippen LogP contribution in [-0.2, 0) is 24.0 Å². The fourth-order valence-corrected chi connectivity index (χ4v) is 4.65. The second kappa shape index (κ2) is 11.9. The van der Waals surface area contributed by atoms with Crippen LogP contribution in [0.15, 0.2) is 0 Å². The summed E-state index contributed by atoms with van der Waals surface area (Å²) >= 11 is 1.11. The third kappa shape index (κ3) is 7.33. The molecule has 2 aliphatic rings. The first-order chi connectivity index (χ1) is 15.9. The highest BCUT2D eigenvalue weighted by Crippen LogP contribution is 2.36. The van der Waals surface area contributed by atoms with E-state index in [2.05, 4.69) is 21.3 Å². The summed E-state index contributed by atoms with van der Waals surface area (Å²) in [5.41, 5.74) is 4.82. The second-order valence-corrected chi connectivity index (χ2v) is 10.7. The average molecular weight is 500 g/mol. The van der Waals surface area contributed by atoms with Crippen molar-refractivity contribution in [2.75, 3.05) is 11.5 Å². The summed E-state index contributed by atoms with van der Waals surface area (Å²) in [5, 5.41) is 20.2. The Balaban J connectivity index is 2.35. The number of nitrogens with two attached hydrogens (primary N) is 1. The maximum absolute atomic E-state index is 13.1. The van der Waals surface area contributed by atoms with Gasteiger partial charge >= 0.3 is 5.97 Å². The first kappa shape index (κ1) is 27.9. The van der Waals surface area contributed by atoms with Crippen molar-refractivity contribution in [2.45, 2.75) is 83.1 Å². The number of carboxylic acids is 1. The lowest BCUT2D eigenvalue weighted by Crippen LogP contribution is -2.61. The molecule has 0 aromatic rings. The van der Waals surface area contributed by atoms with Crippen molar-refractivity contribution in [1.29, 1.82) is 0 Å². The van der Waals surface area contributed by atoms with Gasteiger partial charge in [0.15, 0.2) is 0 Å². The van der Waals surface area contributed by atoms with Crippen LogP contribution in [0.2, 0.25) is 0 Å². The maximum atomic E-state index is 13.1. The summed E-state index contributed by atoms with van der Waals surface area (Å²) in [5.74, 6) is -3.41. The van der Waals surface area contributed by atoms with E-state index >= 15 is 0 Å². The molecule has 1 unspecified atom stereocenters. The number of carboxylic acid groups (broad SMARTS) is 1. The van der Waals surface area contributed by atoms with Crippen LogP contribution in [0.25, 0.3) is 0 Å². The molecule has 1 aliphatic carbocycles. The number of carbonyl (C=O) groups excluding carboxylic acids is 4. The van der Waals surface area contributed by atoms with E-state index in [1.165, 1.54) is 0 Å². The average Bonchev–Trinajstić information content (AvgIpc) is 3.54. The fourth-order valence-electron chi connectivity index (χ4n) is 3.64. The van der Waals surface area contributed by atoms with E-state index in [0.29, 0.717) is 25.7 Å². The van der Waals surface area contributed by atoms with Crippen LogP contribution >= 0.6 is 11.8 Å². The largest absolute Gasteiger partial charge is 0.480 e. The third-order valence-electron chi connectivity index (χ3n) is 6.20. The molecule has 1 spiro atoms. The lowest BCUT2D eigenvalue weighted by atomic mass is 9.97. The van der Waals surface area contributed by atoms with Crippen molar-refractivity contribution in [3.05, 3.63) is 0 Å². The zero-order valence-corrected chi connectivity index (χ0v) is 21.0. The Morgan fingerprint density at radius 3 is 2.24 bits per heavy atom. The molecule has 34 heavy (non-hydrogen) atoms. The lowest BCUT2D eigenvalue weighted by molar-refractivity contribution is -0.141. The topological polar surface area (TPSA) is 180 Å². The van der Waals surface area contributed by atoms with Gasteiger partial charge in [0.25, 0.3) is 0 Å². The standard InChI is InChI=1S/C22H37N5O6S/c1-5-12(4)16-19(30)27-22(6-7-22)21(33)25-14(8-11(2)3)18(29)24-15(20(31)32)10-34-9-13(23)17(28)26-16/h11-16H,5-10,23H2,1-4H3,(H,24,29)(H,25,33)(H,26,28)(H,27,30)(H,31,32)/t12-,13+,14?,15-,16-/m0/s1. The van der Waals surface area contributed by atoms with Crippen molar-refractivity contribution in [3.63, 3.8) is 0 Å². The minimum absolute atomic E-state index is 0.0103. The highest BCUT2D eigenvalue weighted by Gasteiger charge is 2.53. The van der Waals surface area contributed by atoms with Crippen molar-refractivity contribution in [1.82, 2.24) is 21.3 Å². The number of carbonyl (C=O) groups is 5. The molecule has 1 saturated heterocycles. The molecule has 5 atom stereocenters. The zero-order valence-electron chi connectivity index (χ0n) is 20.2. The molecule has 192 valence electrons. The van der Waals surface area contributed by atoms with Crippen molar-refractivity contribution in [3.8, 4) is 0 Å². The molecule has 2 rings (SSSR count). The van der Waals surface area contributed by atoms with Crippen LogP contribution < -0.4 is 27.0 Å². The van der Waals surface area contributed by atoms with E-state index in [1.54, 1.807) is 0 Å². The molecule has 0 radical (unpaired) electrons. The van der Waals surface area contributed by atoms with Gasteiger partial charge in [-0.1, -0.05) is 34.1 Å². The minimum atomic E-state index is -1.22. The van der Waals surface area contributed by atoms with E-state index in [0.717, 1.165) is 11.8 Å². The van der Waals surface area contributed by atoms with E-state index in [-0.39, 0.29) is 23.3 Å². The fraction of sp³-hybridized carbons (Fsp3) is 0.773. The van der Waals surface area contributed by atoms with Crippen LogP contribution in [0.5, 0.6) is 0 Å². The van der Waals surface area contributed by atoms with Crippen molar-refractivity contribution in [2.24, 2.45) is 17.6 Å². The van der Waals surface area contributed by atoms with Gasteiger partial charge in [0.2, 0.25) is 23.6 Å². The van der Waals surface area contributed by atoms with Gasteiger partial charge < -0.3 is 32.1 Å². The van der Waals surface area contributed by atoms with Crippen molar-refractivity contribution >= 4 is 41.4 Å². The lowest BCUT2D eigenvalue weighted by Gasteiger charge is -2.29. The van der Waals surface area contributed by atoms with Crippen LogP contribution in [0.3, 0.4) is 0 Å². The van der Waals surface area contributed by atoms with E-state index < -0.39 is 59.3 Å². The molecule has 0 aromatic heterocycles. The predicted molar refractivity (Wildman–Crippen MR) is 128 cm³/mol. The SMILES string of the molecule is CC[C@H](C)[C@@H]1NC(=O)[C@H](N)CSC[C@@H](C(=O)O)NC(=O)C(CC(C)C)NC(=O)C2(CC2)NC1=O. The molecule has 0 bridgehead atoms. The molecular formula is C22H37N5O6S. The summed E-state index contributed by atoms with van der Waals surface area (Å²) in [7, 11) is 0. The minimum Gasteiger partial charge on any atom is -0.480 e. The van der Waals surface area contributed by atoms with Gasteiger partial charge in [-0.25, -0.2) is 4.79 Å². The van der Waals surface area contributed by atoms with Gasteiger partial charge in [0.05, 0.1) is 6.04 Å². The first-order valence-corrected chi connectivity index (χ1v) is 12.9. The number of hydrogen-bond donors (Lipinski definition) is 6. The Kier molecular flexibility index (Phi) is 9.74. The smallest absolute Gasteiger partial charge is 0.327 e. The van der Waals surface area contributed by atoms with E-state index in [4.69, 9.17) is 5.73 Å². The van der Waals surface area contributed by atoms with Crippen LogP contribution in [0.1, 0.15) is 53.4 Å². The monoisotopic (exact) mass is 499 g/mol. The molecule has 1 aliphatic heterocycles. The van der Waals surface area contributed by atoms with Gasteiger partial charge in [0.1, 0.15) is 23.7 Å². The Labute approximate surface area is 204 Å². The molecule has 1 heterocycles. The summed E-state index contributed by atoms with van der Waals surface area (Å²) in [6.07, 6.45) is 1.71. The first-order valence-electron chi connectivity index (χ1n) is 11.7. The number of aliphatic carboxylic acids is 1. The molecule has 4 amide bonds. The highest BCUT2D eigenvalue weighted by molar-refractivity contribution is 7.99. The van der Waals surface area contributed by atoms with E-state index in [1.807, 2.05) is 27.7 Å². The van der Waals surface area contributed by atoms with Crippen molar-refractivity contribution < 1.29 is 29.1 Å². The van der Waals surface area contributed by atoms with Gasteiger partial charge in [-0.15, -0.1) is 0 Å².